The number of thiophene rings is 1. The Labute approximate surface area is 173 Å². The van der Waals surface area contributed by atoms with Gasteiger partial charge in [-0.2, -0.15) is 0 Å². The maximum Gasteiger partial charge on any atom is 0.106 e. The highest BCUT2D eigenvalue weighted by atomic mass is 35.5. The first-order chi connectivity index (χ1) is 13.4. The SMILES string of the molecule is CC(CO)CCn1cc([C@@H]2C[C@]3(C[C@H](C)N2)OC[C@@H](O)c2cc(Cl)sc23)nn1. The average Bonchev–Trinajstić information content (AvgIpc) is 3.30. The Kier molecular flexibility index (Phi) is 5.79. The van der Waals surface area contributed by atoms with Crippen molar-refractivity contribution in [2.24, 2.45) is 5.92 Å². The van der Waals surface area contributed by atoms with E-state index >= 15 is 0 Å². The zero-order valence-corrected chi connectivity index (χ0v) is 17.7. The molecule has 1 spiro atoms. The second kappa shape index (κ2) is 8.01. The molecule has 2 aromatic heterocycles. The monoisotopic (exact) mass is 426 g/mol. The second-order valence-electron chi connectivity index (χ2n) is 8.17. The lowest BCUT2D eigenvalue weighted by molar-refractivity contribution is -0.129. The molecule has 3 N–H and O–H groups in total. The summed E-state index contributed by atoms with van der Waals surface area (Å²) in [5.41, 5.74) is 1.33. The van der Waals surface area contributed by atoms with E-state index in [0.717, 1.165) is 41.9 Å². The van der Waals surface area contributed by atoms with E-state index < -0.39 is 11.7 Å². The number of aromatic nitrogens is 3. The van der Waals surface area contributed by atoms with Crippen molar-refractivity contribution in [2.75, 3.05) is 13.2 Å². The van der Waals surface area contributed by atoms with Crippen molar-refractivity contribution in [1.82, 2.24) is 20.3 Å². The molecule has 0 bridgehead atoms. The Morgan fingerprint density at radius 1 is 1.50 bits per heavy atom. The minimum absolute atomic E-state index is 0.0109. The summed E-state index contributed by atoms with van der Waals surface area (Å²) in [6, 6.07) is 2.11. The van der Waals surface area contributed by atoms with E-state index in [2.05, 4.69) is 22.6 Å². The Hall–Kier alpha value is -1.03. The molecule has 2 aliphatic rings. The van der Waals surface area contributed by atoms with Gasteiger partial charge in [-0.25, -0.2) is 0 Å². The average molecular weight is 427 g/mol. The van der Waals surface area contributed by atoms with Crippen molar-refractivity contribution in [1.29, 1.82) is 0 Å². The Balaban J connectivity index is 1.56. The molecule has 154 valence electrons. The van der Waals surface area contributed by atoms with Crippen LogP contribution in [0.5, 0.6) is 0 Å². The van der Waals surface area contributed by atoms with Crippen molar-refractivity contribution in [3.63, 3.8) is 0 Å². The summed E-state index contributed by atoms with van der Waals surface area (Å²) in [7, 11) is 0. The third kappa shape index (κ3) is 3.86. The molecule has 0 aliphatic carbocycles. The second-order valence-corrected chi connectivity index (χ2v) is 9.85. The first kappa shape index (κ1) is 20.3. The van der Waals surface area contributed by atoms with Crippen molar-refractivity contribution >= 4 is 22.9 Å². The van der Waals surface area contributed by atoms with Gasteiger partial charge in [0.1, 0.15) is 11.7 Å². The summed E-state index contributed by atoms with van der Waals surface area (Å²) in [4.78, 5) is 1.04. The maximum absolute atomic E-state index is 10.3. The Morgan fingerprint density at radius 3 is 3.11 bits per heavy atom. The van der Waals surface area contributed by atoms with Crippen LogP contribution in [0.15, 0.2) is 12.3 Å². The van der Waals surface area contributed by atoms with E-state index in [0.29, 0.717) is 4.34 Å². The van der Waals surface area contributed by atoms with Gasteiger partial charge in [-0.05, 0) is 31.7 Å². The number of rotatable bonds is 5. The minimum atomic E-state index is -0.623. The number of piperidine rings is 1. The molecule has 0 aromatic carbocycles. The number of ether oxygens (including phenoxy) is 1. The van der Waals surface area contributed by atoms with Crippen LogP contribution in [0.2, 0.25) is 4.34 Å². The molecule has 1 fully saturated rings. The molecule has 0 amide bonds. The fourth-order valence-electron chi connectivity index (χ4n) is 4.26. The predicted molar refractivity (Wildman–Crippen MR) is 107 cm³/mol. The first-order valence-electron chi connectivity index (χ1n) is 9.79. The highest BCUT2D eigenvalue weighted by molar-refractivity contribution is 7.16. The molecular weight excluding hydrogens is 400 g/mol. The van der Waals surface area contributed by atoms with Crippen LogP contribution in [0.25, 0.3) is 0 Å². The molecule has 5 atom stereocenters. The third-order valence-corrected chi connectivity index (χ3v) is 7.22. The zero-order valence-electron chi connectivity index (χ0n) is 16.1. The molecule has 2 aromatic rings. The van der Waals surface area contributed by atoms with E-state index in [1.165, 1.54) is 11.3 Å². The van der Waals surface area contributed by atoms with Crippen LogP contribution in [0.1, 0.15) is 61.4 Å². The van der Waals surface area contributed by atoms with Gasteiger partial charge >= 0.3 is 0 Å². The molecule has 1 saturated heterocycles. The fraction of sp³-hybridized carbons (Fsp3) is 0.684. The van der Waals surface area contributed by atoms with Crippen LogP contribution in [0, 0.1) is 5.92 Å². The van der Waals surface area contributed by atoms with Gasteiger partial charge in [0.05, 0.1) is 28.9 Å². The molecule has 1 unspecified atom stereocenters. The van der Waals surface area contributed by atoms with E-state index in [1.807, 2.05) is 23.9 Å². The summed E-state index contributed by atoms with van der Waals surface area (Å²) < 4.78 is 8.78. The van der Waals surface area contributed by atoms with Gasteiger partial charge < -0.3 is 20.3 Å². The number of halogens is 1. The number of aliphatic hydroxyl groups excluding tert-OH is 2. The zero-order chi connectivity index (χ0) is 19.9. The lowest BCUT2D eigenvalue weighted by Gasteiger charge is -2.46. The van der Waals surface area contributed by atoms with E-state index in [4.69, 9.17) is 16.3 Å². The van der Waals surface area contributed by atoms with Gasteiger partial charge in [-0.1, -0.05) is 23.7 Å². The van der Waals surface area contributed by atoms with Crippen molar-refractivity contribution in [3.8, 4) is 0 Å². The number of nitrogens with zero attached hydrogens (tertiary/aromatic N) is 3. The summed E-state index contributed by atoms with van der Waals surface area (Å²) in [5, 5.41) is 31.8. The van der Waals surface area contributed by atoms with Gasteiger partial charge in [0.2, 0.25) is 0 Å². The first-order valence-corrected chi connectivity index (χ1v) is 11.0. The summed E-state index contributed by atoms with van der Waals surface area (Å²) in [6.07, 6.45) is 3.76. The van der Waals surface area contributed by atoms with Gasteiger partial charge in [-0.15, -0.1) is 16.4 Å². The molecule has 4 rings (SSSR count). The van der Waals surface area contributed by atoms with Crippen molar-refractivity contribution < 1.29 is 14.9 Å². The summed E-state index contributed by atoms with van der Waals surface area (Å²) in [5.74, 6) is 0.243. The highest BCUT2D eigenvalue weighted by Gasteiger charge is 2.48. The molecule has 4 heterocycles. The number of nitrogens with one attached hydrogen (secondary N) is 1. The van der Waals surface area contributed by atoms with Crippen molar-refractivity contribution in [2.45, 2.75) is 63.4 Å². The summed E-state index contributed by atoms with van der Waals surface area (Å²) in [6.45, 7) is 5.36. The number of hydrogen-bond acceptors (Lipinski definition) is 7. The lowest BCUT2D eigenvalue weighted by Crippen LogP contribution is -2.50. The highest BCUT2D eigenvalue weighted by Crippen LogP contribution is 2.51. The van der Waals surface area contributed by atoms with E-state index in [1.54, 1.807) is 0 Å². The Morgan fingerprint density at radius 2 is 2.32 bits per heavy atom. The minimum Gasteiger partial charge on any atom is -0.396 e. The van der Waals surface area contributed by atoms with Gasteiger partial charge in [-0.3, -0.25) is 4.68 Å². The van der Waals surface area contributed by atoms with Crippen LogP contribution in [-0.4, -0.2) is 44.5 Å². The van der Waals surface area contributed by atoms with Crippen LogP contribution in [0.3, 0.4) is 0 Å². The molecule has 0 saturated carbocycles. The van der Waals surface area contributed by atoms with Gasteiger partial charge in [0.15, 0.2) is 0 Å². The van der Waals surface area contributed by atoms with Crippen LogP contribution in [0.4, 0.5) is 0 Å². The molecule has 0 radical (unpaired) electrons. The smallest absolute Gasteiger partial charge is 0.106 e. The van der Waals surface area contributed by atoms with Crippen LogP contribution >= 0.6 is 22.9 Å². The van der Waals surface area contributed by atoms with Gasteiger partial charge in [0.25, 0.3) is 0 Å². The number of fused-ring (bicyclic) bond motifs is 2. The van der Waals surface area contributed by atoms with E-state index in [-0.39, 0.29) is 31.2 Å². The summed E-state index contributed by atoms with van der Waals surface area (Å²) >= 11 is 7.78. The molecule has 28 heavy (non-hydrogen) atoms. The van der Waals surface area contributed by atoms with Gasteiger partial charge in [0, 0.05) is 36.1 Å². The molecule has 7 nitrogen and oxygen atoms in total. The van der Waals surface area contributed by atoms with Crippen LogP contribution in [-0.2, 0) is 16.9 Å². The predicted octanol–water partition coefficient (Wildman–Crippen LogP) is 2.78. The number of hydrogen-bond donors (Lipinski definition) is 3. The normalized spacial score (nSPS) is 31.1. The largest absolute Gasteiger partial charge is 0.396 e. The maximum atomic E-state index is 10.3. The Bertz CT molecular complexity index is 828. The van der Waals surface area contributed by atoms with E-state index in [9.17, 15) is 10.2 Å². The number of aliphatic hydroxyl groups is 2. The molecular formula is C19H27ClN4O3S. The standard InChI is InChI=1S/C19H27ClN4O3S/c1-11(9-25)3-4-24-8-15(22-23-24)14-7-19(6-12(2)21-14)18-13(5-17(20)28-18)16(26)10-27-19/h5,8,11-12,14,16,21,25-26H,3-4,6-7,9-10H2,1-2H3/t11?,12-,14-,16+,19-/m0/s1. The molecule has 2 aliphatic heterocycles. The lowest BCUT2D eigenvalue weighted by atomic mass is 9.79. The topological polar surface area (TPSA) is 92.4 Å². The fourth-order valence-corrected chi connectivity index (χ4v) is 5.71. The number of aryl methyl sites for hydroxylation is 1. The quantitative estimate of drug-likeness (QED) is 0.680. The van der Waals surface area contributed by atoms with Crippen LogP contribution < -0.4 is 5.32 Å². The van der Waals surface area contributed by atoms with Crippen molar-refractivity contribution in [3.05, 3.63) is 32.7 Å². The third-order valence-electron chi connectivity index (χ3n) is 5.75. The molecule has 9 heteroatoms.